The molecule has 114 valence electrons. The van der Waals surface area contributed by atoms with Crippen LogP contribution in [0.4, 0.5) is 13.2 Å². The van der Waals surface area contributed by atoms with E-state index in [1.807, 2.05) is 6.92 Å². The zero-order valence-electron chi connectivity index (χ0n) is 11.4. The average Bonchev–Trinajstić information content (AvgIpc) is 2.38. The summed E-state index contributed by atoms with van der Waals surface area (Å²) >= 11 is 0. The Morgan fingerprint density at radius 2 is 1.85 bits per heavy atom. The van der Waals surface area contributed by atoms with Gasteiger partial charge in [0.1, 0.15) is 0 Å². The molecular weight excluding hydrogens is 291 g/mol. The maximum Gasteiger partial charge on any atom is 0.416 e. The zero-order chi connectivity index (χ0) is 15.4. The van der Waals surface area contributed by atoms with Crippen LogP contribution in [0.2, 0.25) is 0 Å². The number of unbranched alkanes of at least 4 members (excludes halogenated alkanes) is 1. The molecule has 0 amide bonds. The van der Waals surface area contributed by atoms with Crippen molar-refractivity contribution in [1.29, 1.82) is 0 Å². The molecule has 0 unspecified atom stereocenters. The number of rotatable bonds is 6. The topological polar surface area (TPSA) is 37.4 Å². The molecule has 0 saturated heterocycles. The third kappa shape index (κ3) is 3.96. The lowest BCUT2D eigenvalue weighted by Gasteiger charge is -2.20. The maximum absolute atomic E-state index is 12.6. The molecule has 1 aromatic carbocycles. The van der Waals surface area contributed by atoms with Crippen molar-refractivity contribution in [2.75, 3.05) is 13.1 Å². The maximum atomic E-state index is 12.6. The lowest BCUT2D eigenvalue weighted by Crippen LogP contribution is -2.32. The van der Waals surface area contributed by atoms with Gasteiger partial charge in [0.15, 0.2) is 0 Å². The minimum absolute atomic E-state index is 0.235. The van der Waals surface area contributed by atoms with Crippen molar-refractivity contribution in [2.24, 2.45) is 0 Å². The Morgan fingerprint density at radius 1 is 1.20 bits per heavy atom. The highest BCUT2D eigenvalue weighted by Crippen LogP contribution is 2.31. The molecule has 0 saturated carbocycles. The van der Waals surface area contributed by atoms with Crippen LogP contribution in [0.15, 0.2) is 29.2 Å². The van der Waals surface area contributed by atoms with Gasteiger partial charge in [0, 0.05) is 13.1 Å². The van der Waals surface area contributed by atoms with Crippen molar-refractivity contribution < 1.29 is 21.6 Å². The Balaban J connectivity index is 3.14. The largest absolute Gasteiger partial charge is 0.416 e. The number of hydrogen-bond acceptors (Lipinski definition) is 2. The second kappa shape index (κ2) is 6.58. The van der Waals surface area contributed by atoms with Crippen LogP contribution in [0.1, 0.15) is 32.3 Å². The number of nitrogens with zero attached hydrogens (tertiary/aromatic N) is 1. The minimum Gasteiger partial charge on any atom is -0.207 e. The van der Waals surface area contributed by atoms with Crippen molar-refractivity contribution >= 4 is 10.0 Å². The summed E-state index contributed by atoms with van der Waals surface area (Å²) in [7, 11) is -3.87. The Bertz CT molecular complexity index is 541. The summed E-state index contributed by atoms with van der Waals surface area (Å²) in [6, 6.07) is 3.85. The molecular formula is C13H18F3NO2S. The van der Waals surface area contributed by atoms with E-state index in [1.54, 1.807) is 6.92 Å². The summed E-state index contributed by atoms with van der Waals surface area (Å²) in [4.78, 5) is -0.315. The van der Waals surface area contributed by atoms with E-state index in [4.69, 9.17) is 0 Å². The summed E-state index contributed by atoms with van der Waals surface area (Å²) in [6.07, 6.45) is -3.06. The molecule has 1 rings (SSSR count). The van der Waals surface area contributed by atoms with Gasteiger partial charge in [-0.15, -0.1) is 0 Å². The van der Waals surface area contributed by atoms with Crippen molar-refractivity contribution in [1.82, 2.24) is 4.31 Å². The predicted octanol–water partition coefficient (Wildman–Crippen LogP) is 3.52. The highest BCUT2D eigenvalue weighted by Gasteiger charge is 2.32. The zero-order valence-corrected chi connectivity index (χ0v) is 12.3. The first-order chi connectivity index (χ1) is 9.23. The van der Waals surface area contributed by atoms with Crippen LogP contribution < -0.4 is 0 Å². The van der Waals surface area contributed by atoms with Gasteiger partial charge >= 0.3 is 6.18 Å². The second-order valence-corrected chi connectivity index (χ2v) is 6.31. The smallest absolute Gasteiger partial charge is 0.207 e. The van der Waals surface area contributed by atoms with Crippen LogP contribution in [0.5, 0.6) is 0 Å². The summed E-state index contributed by atoms with van der Waals surface area (Å²) in [5.41, 5.74) is -0.954. The minimum atomic E-state index is -4.55. The molecule has 20 heavy (non-hydrogen) atoms. The highest BCUT2D eigenvalue weighted by molar-refractivity contribution is 7.89. The van der Waals surface area contributed by atoms with Gasteiger partial charge in [-0.1, -0.05) is 26.3 Å². The number of sulfonamides is 1. The van der Waals surface area contributed by atoms with E-state index in [0.717, 1.165) is 18.6 Å². The van der Waals surface area contributed by atoms with E-state index in [0.29, 0.717) is 19.0 Å². The van der Waals surface area contributed by atoms with Crippen molar-refractivity contribution in [3.05, 3.63) is 29.8 Å². The fourth-order valence-electron chi connectivity index (χ4n) is 1.76. The Hall–Kier alpha value is -1.08. The second-order valence-electron chi connectivity index (χ2n) is 4.38. The third-order valence-electron chi connectivity index (χ3n) is 2.91. The van der Waals surface area contributed by atoms with E-state index in [-0.39, 0.29) is 11.4 Å². The lowest BCUT2D eigenvalue weighted by molar-refractivity contribution is -0.137. The van der Waals surface area contributed by atoms with Gasteiger partial charge in [0.05, 0.1) is 10.5 Å². The molecule has 3 nitrogen and oxygen atoms in total. The number of benzene rings is 1. The van der Waals surface area contributed by atoms with Crippen LogP contribution in [0.25, 0.3) is 0 Å². The van der Waals surface area contributed by atoms with Crippen molar-refractivity contribution in [3.63, 3.8) is 0 Å². The molecule has 0 heterocycles. The van der Waals surface area contributed by atoms with Crippen LogP contribution in [0, 0.1) is 0 Å². The van der Waals surface area contributed by atoms with Gasteiger partial charge in [-0.05, 0) is 24.6 Å². The van der Waals surface area contributed by atoms with Gasteiger partial charge in [-0.25, -0.2) is 8.42 Å². The first kappa shape index (κ1) is 17.0. The van der Waals surface area contributed by atoms with Crippen molar-refractivity contribution in [3.8, 4) is 0 Å². The highest BCUT2D eigenvalue weighted by atomic mass is 32.2. The summed E-state index contributed by atoms with van der Waals surface area (Å²) < 4.78 is 63.7. The molecule has 0 N–H and O–H groups in total. The number of hydrogen-bond donors (Lipinski definition) is 0. The van der Waals surface area contributed by atoms with Gasteiger partial charge in [0.25, 0.3) is 0 Å². The van der Waals surface area contributed by atoms with Crippen LogP contribution in [-0.2, 0) is 16.2 Å². The molecule has 7 heteroatoms. The summed E-state index contributed by atoms with van der Waals surface area (Å²) in [5, 5.41) is 0. The standard InChI is InChI=1S/C13H18F3NO2S/c1-3-5-9-17(4-2)20(18,19)12-8-6-7-11(10-12)13(14,15)16/h6-8,10H,3-5,9H2,1-2H3. The van der Waals surface area contributed by atoms with Crippen LogP contribution in [-0.4, -0.2) is 25.8 Å². The van der Waals surface area contributed by atoms with Gasteiger partial charge in [-0.2, -0.15) is 17.5 Å². The van der Waals surface area contributed by atoms with Crippen LogP contribution >= 0.6 is 0 Å². The fraction of sp³-hybridized carbons (Fsp3) is 0.538. The normalized spacial score (nSPS) is 12.9. The van der Waals surface area contributed by atoms with Crippen molar-refractivity contribution in [2.45, 2.75) is 37.8 Å². The number of alkyl halides is 3. The van der Waals surface area contributed by atoms with Gasteiger partial charge in [0.2, 0.25) is 10.0 Å². The molecule has 0 bridgehead atoms. The molecule has 0 aliphatic carbocycles. The monoisotopic (exact) mass is 309 g/mol. The molecule has 0 atom stereocenters. The molecule has 0 aliphatic rings. The molecule has 0 aromatic heterocycles. The Morgan fingerprint density at radius 3 is 2.35 bits per heavy atom. The van der Waals surface area contributed by atoms with E-state index in [2.05, 4.69) is 0 Å². The number of halogens is 3. The molecule has 0 spiro atoms. The molecule has 1 aromatic rings. The molecule has 0 aliphatic heterocycles. The summed E-state index contributed by atoms with van der Waals surface area (Å²) in [6.45, 7) is 4.13. The quantitative estimate of drug-likeness (QED) is 0.806. The third-order valence-corrected chi connectivity index (χ3v) is 4.88. The van der Waals surface area contributed by atoms with Crippen LogP contribution in [0.3, 0.4) is 0 Å². The average molecular weight is 309 g/mol. The molecule has 0 fully saturated rings. The lowest BCUT2D eigenvalue weighted by atomic mass is 10.2. The van der Waals surface area contributed by atoms with E-state index < -0.39 is 21.8 Å². The SMILES string of the molecule is CCCCN(CC)S(=O)(=O)c1cccc(C(F)(F)F)c1. The van der Waals surface area contributed by atoms with Gasteiger partial charge in [-0.3, -0.25) is 0 Å². The first-order valence-corrected chi connectivity index (χ1v) is 7.85. The Labute approximate surface area is 117 Å². The van der Waals surface area contributed by atoms with E-state index in [1.165, 1.54) is 10.4 Å². The van der Waals surface area contributed by atoms with E-state index >= 15 is 0 Å². The fourth-order valence-corrected chi connectivity index (χ4v) is 3.30. The van der Waals surface area contributed by atoms with E-state index in [9.17, 15) is 21.6 Å². The summed E-state index contributed by atoms with van der Waals surface area (Å²) in [5.74, 6) is 0. The Kier molecular flexibility index (Phi) is 5.59. The van der Waals surface area contributed by atoms with Gasteiger partial charge < -0.3 is 0 Å². The predicted molar refractivity (Wildman–Crippen MR) is 70.8 cm³/mol. The first-order valence-electron chi connectivity index (χ1n) is 6.41. The molecule has 0 radical (unpaired) electrons.